The fraction of sp³-hybridized carbons (Fsp3) is 0.0625. The van der Waals surface area contributed by atoms with Gasteiger partial charge in [0, 0.05) is 11.8 Å². The fourth-order valence-electron chi connectivity index (χ4n) is 2.98. The van der Waals surface area contributed by atoms with Gasteiger partial charge in [0.1, 0.15) is 5.52 Å². The molecule has 0 aliphatic carbocycles. The predicted octanol–water partition coefficient (Wildman–Crippen LogP) is -0.173. The Bertz CT molecular complexity index is 1390. The van der Waals surface area contributed by atoms with Crippen LogP contribution in [0.4, 0.5) is 0 Å². The Morgan fingerprint density at radius 3 is 2.96 bits per heavy atom. The summed E-state index contributed by atoms with van der Waals surface area (Å²) in [5, 5.41) is 18.2. The van der Waals surface area contributed by atoms with Crippen molar-refractivity contribution in [1.29, 1.82) is 0 Å². The van der Waals surface area contributed by atoms with E-state index in [0.29, 0.717) is 18.1 Å². The highest BCUT2D eigenvalue weighted by Gasteiger charge is 2.13. The Morgan fingerprint density at radius 1 is 1.18 bits per heavy atom. The molecule has 3 N–H and O–H groups in total. The van der Waals surface area contributed by atoms with Gasteiger partial charge in [-0.25, -0.2) is 14.3 Å². The minimum Gasteiger partial charge on any atom is -0.339 e. The Kier molecular flexibility index (Phi) is 3.47. The summed E-state index contributed by atoms with van der Waals surface area (Å²) in [7, 11) is 0. The van der Waals surface area contributed by atoms with Crippen LogP contribution < -0.4 is 11.2 Å². The highest BCUT2D eigenvalue weighted by atomic mass is 16.2. The highest BCUT2D eigenvalue weighted by Crippen LogP contribution is 2.16. The monoisotopic (exact) mass is 376 g/mol. The molecular weight excluding hydrogens is 364 g/mol. The number of hydrogen-bond donors (Lipinski definition) is 3. The van der Waals surface area contributed by atoms with Gasteiger partial charge in [-0.3, -0.25) is 14.5 Å². The molecule has 0 unspecified atom stereocenters. The van der Waals surface area contributed by atoms with Gasteiger partial charge >= 0.3 is 5.69 Å². The number of nitrogens with zero attached hydrogens (tertiary/aromatic N) is 7. The third-order valence-electron chi connectivity index (χ3n) is 4.24. The predicted molar refractivity (Wildman–Crippen MR) is 96.8 cm³/mol. The van der Waals surface area contributed by atoms with Gasteiger partial charge in [0.25, 0.3) is 5.56 Å². The molecule has 0 fully saturated rings. The Hall–Kier alpha value is -4.35. The lowest BCUT2D eigenvalue weighted by Gasteiger charge is -2.04. The topological polar surface area (TPSA) is 156 Å². The number of imidazole rings is 1. The van der Waals surface area contributed by atoms with E-state index in [1.807, 2.05) is 24.3 Å². The summed E-state index contributed by atoms with van der Waals surface area (Å²) in [5.41, 5.74) is 1.49. The zero-order valence-corrected chi connectivity index (χ0v) is 14.2. The number of tetrazole rings is 1. The number of H-pyrrole nitrogens is 3. The molecule has 5 aromatic rings. The van der Waals surface area contributed by atoms with Gasteiger partial charge < -0.3 is 4.98 Å². The second-order valence-corrected chi connectivity index (χ2v) is 6.03. The molecule has 0 saturated carbocycles. The SMILES string of the molecule is O=c1[nH]c2nc[nH]c2c(=O)n1-c1cnn(Cc2cccc(-c3nn[nH]n3)c2)c1. The standard InChI is InChI=1S/C16H12N10O2/c27-15-12-14(18-8-17-12)20-16(28)26(15)11-5-19-25(7-11)6-9-2-1-3-10(4-9)13-21-23-24-22-13/h1-5,7-8H,6H2,(H,17,18)(H,20,28)(H,21,22,23,24). The molecule has 0 radical (unpaired) electrons. The summed E-state index contributed by atoms with van der Waals surface area (Å²) in [6.45, 7) is 0.435. The molecule has 5 rings (SSSR count). The molecule has 0 atom stereocenters. The maximum Gasteiger partial charge on any atom is 0.334 e. The van der Waals surface area contributed by atoms with Gasteiger partial charge in [-0.15, -0.1) is 10.2 Å². The summed E-state index contributed by atoms with van der Waals surface area (Å²) in [4.78, 5) is 34.1. The molecule has 4 heterocycles. The normalized spacial score (nSPS) is 11.3. The van der Waals surface area contributed by atoms with E-state index in [4.69, 9.17) is 0 Å². The highest BCUT2D eigenvalue weighted by molar-refractivity contribution is 5.68. The van der Waals surface area contributed by atoms with Crippen LogP contribution >= 0.6 is 0 Å². The molecule has 0 aliphatic rings. The Labute approximate surface area is 154 Å². The number of hydrogen-bond acceptors (Lipinski definition) is 7. The maximum absolute atomic E-state index is 12.6. The fourth-order valence-corrected chi connectivity index (χ4v) is 2.98. The molecule has 1 aromatic carbocycles. The number of fused-ring (bicyclic) bond motifs is 1. The first kappa shape index (κ1) is 15.9. The smallest absolute Gasteiger partial charge is 0.334 e. The van der Waals surface area contributed by atoms with Crippen LogP contribution in [0.5, 0.6) is 0 Å². The van der Waals surface area contributed by atoms with Crippen molar-refractivity contribution in [3.8, 4) is 17.1 Å². The first-order valence-electron chi connectivity index (χ1n) is 8.23. The van der Waals surface area contributed by atoms with Crippen molar-refractivity contribution in [2.24, 2.45) is 0 Å². The zero-order valence-electron chi connectivity index (χ0n) is 14.2. The average molecular weight is 376 g/mol. The minimum absolute atomic E-state index is 0.219. The number of nitrogens with one attached hydrogen (secondary N) is 3. The van der Waals surface area contributed by atoms with E-state index in [9.17, 15) is 9.59 Å². The third kappa shape index (κ3) is 2.59. The average Bonchev–Trinajstić information content (AvgIpc) is 3.44. The van der Waals surface area contributed by atoms with Crippen molar-refractivity contribution in [2.45, 2.75) is 6.54 Å². The van der Waals surface area contributed by atoms with Crippen molar-refractivity contribution in [3.05, 3.63) is 69.4 Å². The number of aromatic nitrogens is 10. The molecule has 12 nitrogen and oxygen atoms in total. The van der Waals surface area contributed by atoms with Crippen molar-refractivity contribution in [2.75, 3.05) is 0 Å². The van der Waals surface area contributed by atoms with E-state index in [0.717, 1.165) is 15.7 Å². The van der Waals surface area contributed by atoms with Crippen LogP contribution in [-0.2, 0) is 6.54 Å². The molecule has 28 heavy (non-hydrogen) atoms. The summed E-state index contributed by atoms with van der Waals surface area (Å²) in [6, 6.07) is 7.61. The number of aromatic amines is 3. The van der Waals surface area contributed by atoms with Crippen LogP contribution in [0, 0.1) is 0 Å². The molecular formula is C16H12N10O2. The maximum atomic E-state index is 12.6. The minimum atomic E-state index is -0.580. The number of benzene rings is 1. The van der Waals surface area contributed by atoms with E-state index < -0.39 is 11.2 Å². The summed E-state index contributed by atoms with van der Waals surface area (Å²) in [6.07, 6.45) is 4.44. The summed E-state index contributed by atoms with van der Waals surface area (Å²) >= 11 is 0. The van der Waals surface area contributed by atoms with Crippen LogP contribution in [0.1, 0.15) is 5.56 Å². The first-order chi connectivity index (χ1) is 13.7. The Balaban J connectivity index is 1.49. The quantitative estimate of drug-likeness (QED) is 0.393. The molecule has 4 aromatic heterocycles. The molecule has 0 aliphatic heterocycles. The largest absolute Gasteiger partial charge is 0.339 e. The van der Waals surface area contributed by atoms with E-state index in [1.54, 1.807) is 10.9 Å². The van der Waals surface area contributed by atoms with Gasteiger partial charge in [-0.05, 0) is 16.8 Å². The lowest BCUT2D eigenvalue weighted by atomic mass is 10.1. The molecule has 0 spiro atoms. The van der Waals surface area contributed by atoms with Gasteiger partial charge in [0.2, 0.25) is 5.82 Å². The second-order valence-electron chi connectivity index (χ2n) is 6.03. The molecule has 138 valence electrons. The lowest BCUT2D eigenvalue weighted by molar-refractivity contribution is 0.686. The van der Waals surface area contributed by atoms with Gasteiger partial charge in [-0.1, -0.05) is 18.2 Å². The van der Waals surface area contributed by atoms with E-state index in [-0.39, 0.29) is 11.2 Å². The van der Waals surface area contributed by atoms with Crippen molar-refractivity contribution < 1.29 is 0 Å². The van der Waals surface area contributed by atoms with Crippen LogP contribution in [-0.4, -0.2) is 49.9 Å². The van der Waals surface area contributed by atoms with E-state index in [1.165, 1.54) is 12.5 Å². The van der Waals surface area contributed by atoms with Crippen molar-refractivity contribution in [1.82, 2.24) is 49.9 Å². The van der Waals surface area contributed by atoms with Crippen molar-refractivity contribution in [3.63, 3.8) is 0 Å². The molecule has 12 heteroatoms. The molecule has 0 bridgehead atoms. The van der Waals surface area contributed by atoms with Gasteiger partial charge in [-0.2, -0.15) is 10.3 Å². The zero-order chi connectivity index (χ0) is 19.1. The first-order valence-corrected chi connectivity index (χ1v) is 8.23. The molecule has 0 amide bonds. The van der Waals surface area contributed by atoms with Crippen LogP contribution in [0.3, 0.4) is 0 Å². The van der Waals surface area contributed by atoms with Gasteiger partial charge in [0.05, 0.1) is 24.8 Å². The van der Waals surface area contributed by atoms with Crippen LogP contribution in [0.25, 0.3) is 28.2 Å². The second kappa shape index (κ2) is 6.12. The Morgan fingerprint density at radius 2 is 2.11 bits per heavy atom. The van der Waals surface area contributed by atoms with Crippen LogP contribution in [0.15, 0.2) is 52.6 Å². The summed E-state index contributed by atoms with van der Waals surface area (Å²) in [5.74, 6) is 0.494. The van der Waals surface area contributed by atoms with Crippen molar-refractivity contribution >= 4 is 11.2 Å². The number of rotatable bonds is 4. The van der Waals surface area contributed by atoms with E-state index in [2.05, 4.69) is 40.7 Å². The van der Waals surface area contributed by atoms with Crippen LogP contribution in [0.2, 0.25) is 0 Å². The van der Waals surface area contributed by atoms with Gasteiger partial charge in [0.15, 0.2) is 5.65 Å². The van der Waals surface area contributed by atoms with E-state index >= 15 is 0 Å². The summed E-state index contributed by atoms with van der Waals surface area (Å²) < 4.78 is 2.65. The third-order valence-corrected chi connectivity index (χ3v) is 4.24. The molecule has 0 saturated heterocycles. The lowest BCUT2D eigenvalue weighted by Crippen LogP contribution is -2.33.